The Morgan fingerprint density at radius 1 is 1.73 bits per heavy atom. The average molecular weight is 185 g/mol. The Kier molecular flexibility index (Phi) is 6.15. The third kappa shape index (κ3) is 7.54. The molecule has 0 fully saturated rings. The van der Waals surface area contributed by atoms with Crippen molar-refractivity contribution < 1.29 is 24.4 Å². The highest BCUT2D eigenvalue weighted by atomic mass is 35.5. The van der Waals surface area contributed by atoms with E-state index < -0.39 is 18.3 Å². The lowest BCUT2D eigenvalue weighted by Gasteiger charge is -2.07. The van der Waals surface area contributed by atoms with Gasteiger partial charge in [-0.3, -0.25) is 4.79 Å². The van der Waals surface area contributed by atoms with Crippen LogP contribution in [0, 0.1) is 0 Å². The van der Waals surface area contributed by atoms with E-state index in [0.29, 0.717) is 0 Å². The number of aliphatic hydroxyl groups excluding tert-OH is 1. The van der Waals surface area contributed by atoms with Crippen LogP contribution in [0.15, 0.2) is 0 Å². The molecule has 66 valence electrons. The van der Waals surface area contributed by atoms with E-state index in [9.17, 15) is 4.79 Å². The fraction of sp³-hybridized carbons (Fsp3) is 0.800. The fourth-order valence-corrected chi connectivity index (χ4v) is 0.429. The Balaban J connectivity index is 3.22. The van der Waals surface area contributed by atoms with Gasteiger partial charge in [-0.25, -0.2) is 9.78 Å². The summed E-state index contributed by atoms with van der Waals surface area (Å²) >= 11 is 5.37. The molecule has 0 radical (unpaired) electrons. The average Bonchev–Trinajstić information content (AvgIpc) is 1.97. The largest absolute Gasteiger partial charge is 0.462 e. The third-order valence-electron chi connectivity index (χ3n) is 0.643. The van der Waals surface area contributed by atoms with Gasteiger partial charge in [-0.15, -0.1) is 0 Å². The quantitative estimate of drug-likeness (QED) is 0.214. The minimum atomic E-state index is -0.897. The van der Waals surface area contributed by atoms with Gasteiger partial charge in [0, 0.05) is 6.92 Å². The Labute approximate surface area is 68.7 Å². The molecule has 0 aliphatic carbocycles. The predicted molar refractivity (Wildman–Crippen MR) is 35.5 cm³/mol. The maximum atomic E-state index is 10.2. The predicted octanol–water partition coefficient (Wildman–Crippen LogP) is 0.0124. The van der Waals surface area contributed by atoms with Gasteiger partial charge in [-0.05, 0) is 0 Å². The van der Waals surface area contributed by atoms with Gasteiger partial charge >= 0.3 is 5.97 Å². The lowest BCUT2D eigenvalue weighted by Crippen LogP contribution is -2.16. The maximum absolute atomic E-state index is 10.2. The van der Waals surface area contributed by atoms with Crippen molar-refractivity contribution in [3.8, 4) is 0 Å². The summed E-state index contributed by atoms with van der Waals surface area (Å²) in [6.07, 6.45) is 0. The molecule has 1 unspecified atom stereocenters. The van der Waals surface area contributed by atoms with Gasteiger partial charge < -0.3 is 9.84 Å². The second-order valence-electron chi connectivity index (χ2n) is 1.56. The van der Waals surface area contributed by atoms with Crippen molar-refractivity contribution in [1.29, 1.82) is 0 Å². The molecule has 0 bridgehead atoms. The number of hydrogen-bond acceptors (Lipinski definition) is 5. The molecule has 0 spiro atoms. The van der Waals surface area contributed by atoms with Gasteiger partial charge in [0.05, 0.1) is 0 Å². The molecule has 0 aliphatic heterocycles. The Hall–Kier alpha value is -0.360. The molecule has 1 atom stereocenters. The van der Waals surface area contributed by atoms with Crippen LogP contribution in [0.4, 0.5) is 0 Å². The summed E-state index contributed by atoms with van der Waals surface area (Å²) in [7, 11) is 0. The van der Waals surface area contributed by atoms with Crippen molar-refractivity contribution in [2.24, 2.45) is 0 Å². The fourth-order valence-electron chi connectivity index (χ4n) is 0.315. The summed E-state index contributed by atoms with van der Waals surface area (Å²) in [5.74, 6) is -0.455. The van der Waals surface area contributed by atoms with Crippen LogP contribution in [-0.4, -0.2) is 30.0 Å². The van der Waals surface area contributed by atoms with Crippen LogP contribution in [-0.2, 0) is 19.3 Å². The molecule has 0 aromatic rings. The number of carbonyl (C=O) groups excluding carboxylic acids is 1. The molecular weight excluding hydrogens is 176 g/mol. The summed E-state index contributed by atoms with van der Waals surface area (Å²) in [4.78, 5) is 18.5. The number of alkyl halides is 1. The minimum absolute atomic E-state index is 0.114. The zero-order chi connectivity index (χ0) is 8.69. The molecular formula is C5H9ClO5. The van der Waals surface area contributed by atoms with Gasteiger partial charge in [0.15, 0.2) is 12.4 Å². The van der Waals surface area contributed by atoms with E-state index >= 15 is 0 Å². The van der Waals surface area contributed by atoms with E-state index in [2.05, 4.69) is 14.5 Å². The number of halogens is 1. The molecule has 1 N–H and O–H groups in total. The number of carbonyl (C=O) groups is 1. The normalized spacial score (nSPS) is 12.6. The summed E-state index contributed by atoms with van der Waals surface area (Å²) < 4.78 is 4.44. The zero-order valence-corrected chi connectivity index (χ0v) is 6.71. The smallest absolute Gasteiger partial charge is 0.302 e. The molecule has 0 aromatic heterocycles. The minimum Gasteiger partial charge on any atom is -0.462 e. The van der Waals surface area contributed by atoms with Crippen LogP contribution in [0.25, 0.3) is 0 Å². The van der Waals surface area contributed by atoms with Crippen LogP contribution in [0.3, 0.4) is 0 Å². The van der Waals surface area contributed by atoms with Crippen molar-refractivity contribution in [1.82, 2.24) is 0 Å². The van der Waals surface area contributed by atoms with Gasteiger partial charge in [0.25, 0.3) is 0 Å². The van der Waals surface area contributed by atoms with E-state index in [0.717, 1.165) is 0 Å². The van der Waals surface area contributed by atoms with E-state index in [-0.39, 0.29) is 6.61 Å². The number of aliphatic hydroxyl groups is 1. The van der Waals surface area contributed by atoms with Gasteiger partial charge in [-0.2, -0.15) is 0 Å². The number of rotatable bonds is 5. The first kappa shape index (κ1) is 10.6. The van der Waals surface area contributed by atoms with Crippen molar-refractivity contribution >= 4 is 17.6 Å². The molecule has 0 saturated heterocycles. The topological polar surface area (TPSA) is 65.0 Å². The third-order valence-corrected chi connectivity index (χ3v) is 0.842. The number of ether oxygens (including phenoxy) is 1. The lowest BCUT2D eigenvalue weighted by atomic mass is 10.7. The van der Waals surface area contributed by atoms with Crippen LogP contribution in [0.1, 0.15) is 6.92 Å². The van der Waals surface area contributed by atoms with E-state index in [1.807, 2.05) is 0 Å². The van der Waals surface area contributed by atoms with Gasteiger partial charge in [0.1, 0.15) is 6.61 Å². The molecule has 5 nitrogen and oxygen atoms in total. The van der Waals surface area contributed by atoms with Crippen LogP contribution >= 0.6 is 11.6 Å². The van der Waals surface area contributed by atoms with E-state index in [1.165, 1.54) is 6.92 Å². The molecule has 0 rings (SSSR count). The second-order valence-corrected chi connectivity index (χ2v) is 2.04. The standard InChI is InChI=1S/C5H9ClO5/c1-4(8)9-2-5(6)11-10-3-7/h5,7H,2-3H2,1H3. The van der Waals surface area contributed by atoms with Crippen molar-refractivity contribution in [2.75, 3.05) is 13.4 Å². The summed E-state index contributed by atoms with van der Waals surface area (Å²) in [6, 6.07) is 0. The van der Waals surface area contributed by atoms with E-state index in [1.54, 1.807) is 0 Å². The molecule has 0 aliphatic rings. The highest BCUT2D eigenvalue weighted by molar-refractivity contribution is 6.19. The summed E-state index contributed by atoms with van der Waals surface area (Å²) in [5, 5.41) is 8.08. The Bertz CT molecular complexity index is 117. The number of hydrogen-bond donors (Lipinski definition) is 1. The van der Waals surface area contributed by atoms with E-state index in [4.69, 9.17) is 16.7 Å². The Morgan fingerprint density at radius 2 is 2.36 bits per heavy atom. The van der Waals surface area contributed by atoms with Crippen LogP contribution in [0.5, 0.6) is 0 Å². The maximum Gasteiger partial charge on any atom is 0.302 e. The van der Waals surface area contributed by atoms with Crippen LogP contribution < -0.4 is 0 Å². The highest BCUT2D eigenvalue weighted by Crippen LogP contribution is 1.99. The molecule has 6 heteroatoms. The van der Waals surface area contributed by atoms with Crippen molar-refractivity contribution in [2.45, 2.75) is 12.5 Å². The van der Waals surface area contributed by atoms with Gasteiger partial charge in [-0.1, -0.05) is 11.6 Å². The zero-order valence-electron chi connectivity index (χ0n) is 5.95. The molecule has 0 heterocycles. The highest BCUT2D eigenvalue weighted by Gasteiger charge is 2.06. The monoisotopic (exact) mass is 184 g/mol. The van der Waals surface area contributed by atoms with Crippen molar-refractivity contribution in [3.05, 3.63) is 0 Å². The second kappa shape index (κ2) is 6.36. The number of esters is 1. The van der Waals surface area contributed by atoms with Gasteiger partial charge in [0.2, 0.25) is 0 Å². The lowest BCUT2D eigenvalue weighted by molar-refractivity contribution is -0.341. The first-order valence-electron chi connectivity index (χ1n) is 2.83. The first-order chi connectivity index (χ1) is 5.16. The molecule has 11 heavy (non-hydrogen) atoms. The molecule has 0 aromatic carbocycles. The molecule has 0 amide bonds. The SMILES string of the molecule is CC(=O)OCC(Cl)OOCO. The first-order valence-corrected chi connectivity index (χ1v) is 3.27. The van der Waals surface area contributed by atoms with Crippen LogP contribution in [0.2, 0.25) is 0 Å². The Morgan fingerprint density at radius 3 is 2.82 bits per heavy atom. The summed E-state index contributed by atoms with van der Waals surface area (Å²) in [5.41, 5.74) is -0.897. The van der Waals surface area contributed by atoms with Crippen molar-refractivity contribution in [3.63, 3.8) is 0 Å². The summed E-state index contributed by atoms with van der Waals surface area (Å²) in [6.45, 7) is 0.538. The molecule has 0 saturated carbocycles.